The summed E-state index contributed by atoms with van der Waals surface area (Å²) in [7, 11) is 0. The zero-order valence-corrected chi connectivity index (χ0v) is 6.76. The maximum Gasteiger partial charge on any atom is 0.257 e. The number of nitrogens with zero attached hydrogens (tertiary/aromatic N) is 1. The van der Waals surface area contributed by atoms with Crippen molar-refractivity contribution >= 4 is 5.96 Å². The molecule has 0 aromatic carbocycles. The molecule has 0 aromatic rings. The second kappa shape index (κ2) is 2.89. The lowest BCUT2D eigenvalue weighted by molar-refractivity contribution is -0.0181. The molecule has 6 nitrogen and oxygen atoms in total. The van der Waals surface area contributed by atoms with Gasteiger partial charge in [-0.2, -0.15) is 0 Å². The normalized spacial score (nSPS) is 34.6. The lowest BCUT2D eigenvalue weighted by Gasteiger charge is -2.24. The number of rotatable bonds is 1. The summed E-state index contributed by atoms with van der Waals surface area (Å²) in [4.78, 5) is 4.14. The van der Waals surface area contributed by atoms with E-state index in [1.165, 1.54) is 0 Å². The van der Waals surface area contributed by atoms with Crippen molar-refractivity contribution in [2.24, 2.45) is 10.7 Å². The largest absolute Gasteiger partial charge is 0.354 e. The minimum atomic E-state index is -0.934. The maximum absolute atomic E-state index is 5.77. The highest BCUT2D eigenvalue weighted by Gasteiger charge is 2.31. The van der Waals surface area contributed by atoms with Crippen molar-refractivity contribution in [1.82, 2.24) is 16.0 Å². The van der Waals surface area contributed by atoms with Gasteiger partial charge >= 0.3 is 0 Å². The fourth-order valence-electron chi connectivity index (χ4n) is 1.24. The monoisotopic (exact) mass is 171 g/mol. The fraction of sp³-hybridized carbons (Fsp3) is 0.833. The molecule has 6 heteroatoms. The van der Waals surface area contributed by atoms with Crippen LogP contribution in [-0.4, -0.2) is 38.2 Å². The van der Waals surface area contributed by atoms with E-state index in [9.17, 15) is 0 Å². The molecule has 68 valence electrons. The van der Waals surface area contributed by atoms with E-state index in [1.807, 2.05) is 0 Å². The molecule has 12 heavy (non-hydrogen) atoms. The van der Waals surface area contributed by atoms with Crippen molar-refractivity contribution in [2.75, 3.05) is 26.2 Å². The van der Waals surface area contributed by atoms with Gasteiger partial charge in [0.25, 0.3) is 5.97 Å². The molecule has 0 bridgehead atoms. The molecule has 0 aliphatic carbocycles. The highest BCUT2D eigenvalue weighted by atomic mass is 16.6. The number of hydrogen-bond acceptors (Lipinski definition) is 6. The predicted molar refractivity (Wildman–Crippen MR) is 44.3 cm³/mol. The third kappa shape index (κ3) is 1.50. The molecular weight excluding hydrogens is 158 g/mol. The molecule has 0 radical (unpaired) electrons. The number of guanidine groups is 1. The molecule has 5 N–H and O–H groups in total. The second-order valence-electron chi connectivity index (χ2n) is 2.79. The van der Waals surface area contributed by atoms with Gasteiger partial charge in [-0.05, 0) is 0 Å². The SMILES string of the molecule is NC1(NC2=NCCN2)NCCO1. The van der Waals surface area contributed by atoms with E-state index >= 15 is 0 Å². The summed E-state index contributed by atoms with van der Waals surface area (Å²) in [5.41, 5.74) is 5.77. The van der Waals surface area contributed by atoms with E-state index in [1.54, 1.807) is 0 Å². The first-order valence-electron chi connectivity index (χ1n) is 4.03. The Hall–Kier alpha value is -0.850. The first-order chi connectivity index (χ1) is 5.79. The molecule has 0 amide bonds. The van der Waals surface area contributed by atoms with Crippen molar-refractivity contribution in [2.45, 2.75) is 5.97 Å². The van der Waals surface area contributed by atoms with Crippen molar-refractivity contribution in [3.63, 3.8) is 0 Å². The Kier molecular flexibility index (Phi) is 1.87. The van der Waals surface area contributed by atoms with Gasteiger partial charge in [0.15, 0.2) is 5.96 Å². The molecule has 1 atom stereocenters. The van der Waals surface area contributed by atoms with E-state index in [2.05, 4.69) is 20.9 Å². The van der Waals surface area contributed by atoms with E-state index in [0.717, 1.165) is 19.6 Å². The molecule has 2 heterocycles. The molecule has 1 saturated heterocycles. The van der Waals surface area contributed by atoms with Gasteiger partial charge in [-0.1, -0.05) is 0 Å². The van der Waals surface area contributed by atoms with Crippen LogP contribution >= 0.6 is 0 Å². The van der Waals surface area contributed by atoms with Gasteiger partial charge in [-0.15, -0.1) is 0 Å². The van der Waals surface area contributed by atoms with Crippen LogP contribution in [0.1, 0.15) is 0 Å². The van der Waals surface area contributed by atoms with Gasteiger partial charge < -0.3 is 15.4 Å². The number of nitrogens with one attached hydrogen (secondary N) is 3. The van der Waals surface area contributed by atoms with Crippen molar-refractivity contribution in [3.8, 4) is 0 Å². The molecular formula is C6H13N5O. The van der Waals surface area contributed by atoms with Crippen LogP contribution in [0, 0.1) is 0 Å². The molecule has 2 aliphatic heterocycles. The van der Waals surface area contributed by atoms with E-state index in [-0.39, 0.29) is 0 Å². The van der Waals surface area contributed by atoms with Crippen molar-refractivity contribution < 1.29 is 4.74 Å². The van der Waals surface area contributed by atoms with Crippen LogP contribution in [0.25, 0.3) is 0 Å². The maximum atomic E-state index is 5.77. The highest BCUT2D eigenvalue weighted by molar-refractivity contribution is 5.81. The summed E-state index contributed by atoms with van der Waals surface area (Å²) in [5, 5.41) is 8.97. The Labute approximate surface area is 70.6 Å². The van der Waals surface area contributed by atoms with Gasteiger partial charge in [-0.25, -0.2) is 0 Å². The van der Waals surface area contributed by atoms with Gasteiger partial charge in [0, 0.05) is 13.1 Å². The number of hydrogen-bond donors (Lipinski definition) is 4. The van der Waals surface area contributed by atoms with Crippen LogP contribution in [0.5, 0.6) is 0 Å². The lowest BCUT2D eigenvalue weighted by Crippen LogP contribution is -2.65. The number of nitrogens with two attached hydrogens (primary N) is 1. The zero-order chi connectivity index (χ0) is 8.44. The summed E-state index contributed by atoms with van der Waals surface area (Å²) < 4.78 is 5.24. The van der Waals surface area contributed by atoms with Gasteiger partial charge in [0.2, 0.25) is 0 Å². The van der Waals surface area contributed by atoms with E-state index < -0.39 is 5.97 Å². The average Bonchev–Trinajstić information content (AvgIpc) is 2.62. The summed E-state index contributed by atoms with van der Waals surface area (Å²) in [6, 6.07) is 0. The summed E-state index contributed by atoms with van der Waals surface area (Å²) >= 11 is 0. The summed E-state index contributed by atoms with van der Waals surface area (Å²) in [6.45, 7) is 3.03. The third-order valence-electron chi connectivity index (χ3n) is 1.80. The Morgan fingerprint density at radius 1 is 1.58 bits per heavy atom. The van der Waals surface area contributed by atoms with Gasteiger partial charge in [-0.3, -0.25) is 16.0 Å². The molecule has 0 aromatic heterocycles. The summed E-state index contributed by atoms with van der Waals surface area (Å²) in [6.07, 6.45) is 0. The van der Waals surface area contributed by atoms with E-state index in [0.29, 0.717) is 12.6 Å². The van der Waals surface area contributed by atoms with Crippen LogP contribution in [0.4, 0.5) is 0 Å². The summed E-state index contributed by atoms with van der Waals surface area (Å²) in [5.74, 6) is -0.234. The Morgan fingerprint density at radius 2 is 2.50 bits per heavy atom. The Morgan fingerprint density at radius 3 is 3.08 bits per heavy atom. The predicted octanol–water partition coefficient (Wildman–Crippen LogP) is -2.27. The smallest absolute Gasteiger partial charge is 0.257 e. The molecule has 0 saturated carbocycles. The first kappa shape index (κ1) is 7.78. The first-order valence-corrected chi connectivity index (χ1v) is 4.03. The van der Waals surface area contributed by atoms with E-state index in [4.69, 9.17) is 10.5 Å². The highest BCUT2D eigenvalue weighted by Crippen LogP contribution is 2.00. The number of ether oxygens (including phenoxy) is 1. The fourth-order valence-corrected chi connectivity index (χ4v) is 1.24. The third-order valence-corrected chi connectivity index (χ3v) is 1.80. The van der Waals surface area contributed by atoms with Crippen LogP contribution in [0.2, 0.25) is 0 Å². The van der Waals surface area contributed by atoms with Crippen LogP contribution in [0.3, 0.4) is 0 Å². The van der Waals surface area contributed by atoms with Crippen LogP contribution < -0.4 is 21.7 Å². The van der Waals surface area contributed by atoms with Crippen LogP contribution in [-0.2, 0) is 4.74 Å². The zero-order valence-electron chi connectivity index (χ0n) is 6.76. The molecule has 1 fully saturated rings. The molecule has 1 unspecified atom stereocenters. The topological polar surface area (TPSA) is 83.7 Å². The van der Waals surface area contributed by atoms with Crippen molar-refractivity contribution in [3.05, 3.63) is 0 Å². The molecule has 2 aliphatic rings. The van der Waals surface area contributed by atoms with Gasteiger partial charge in [0.1, 0.15) is 0 Å². The molecule has 2 rings (SSSR count). The van der Waals surface area contributed by atoms with Crippen LogP contribution in [0.15, 0.2) is 4.99 Å². The van der Waals surface area contributed by atoms with Gasteiger partial charge in [0.05, 0.1) is 13.2 Å². The lowest BCUT2D eigenvalue weighted by atomic mass is 10.6. The number of aliphatic imine (C=N–C) groups is 1. The second-order valence-corrected chi connectivity index (χ2v) is 2.79. The minimum Gasteiger partial charge on any atom is -0.354 e. The Bertz CT molecular complexity index is 198. The quantitative estimate of drug-likeness (QED) is 0.334. The average molecular weight is 171 g/mol. The standard InChI is InChI=1S/C6H13N5O/c7-6(10-3-4-12-6)11-5-8-1-2-9-5/h10H,1-4,7H2,(H2,8,9,11). The molecule has 0 spiro atoms. The van der Waals surface area contributed by atoms with Crippen molar-refractivity contribution in [1.29, 1.82) is 0 Å². The Balaban J connectivity index is 1.92. The minimum absolute atomic E-state index is 0.622.